The lowest BCUT2D eigenvalue weighted by atomic mass is 9.86. The zero-order valence-electron chi connectivity index (χ0n) is 9.99. The van der Waals surface area contributed by atoms with Gasteiger partial charge in [-0.25, -0.2) is 9.97 Å². The Balaban J connectivity index is 1.78. The zero-order chi connectivity index (χ0) is 12.4. The molecule has 2 N–H and O–H groups in total. The molecule has 6 heteroatoms. The van der Waals surface area contributed by atoms with Crippen LogP contribution in [0.3, 0.4) is 0 Å². The first-order chi connectivity index (χ1) is 8.83. The maximum Gasteiger partial charge on any atom is 0.230 e. The van der Waals surface area contributed by atoms with E-state index in [9.17, 15) is 0 Å². The van der Waals surface area contributed by atoms with Gasteiger partial charge in [0, 0.05) is 18.2 Å². The topological polar surface area (TPSA) is 90.7 Å². The Bertz CT molecular complexity index is 504. The van der Waals surface area contributed by atoms with Crippen molar-refractivity contribution in [3.05, 3.63) is 24.5 Å². The number of aromatic nitrogens is 4. The summed E-state index contributed by atoms with van der Waals surface area (Å²) >= 11 is 0. The first-order valence-electron chi connectivity index (χ1n) is 6.18. The van der Waals surface area contributed by atoms with Crippen LogP contribution in [0, 0.1) is 0 Å². The fourth-order valence-electron chi connectivity index (χ4n) is 2.29. The van der Waals surface area contributed by atoms with Gasteiger partial charge in [0.1, 0.15) is 12.0 Å². The number of rotatable bonds is 2. The van der Waals surface area contributed by atoms with Gasteiger partial charge < -0.3 is 10.3 Å². The molecule has 0 saturated heterocycles. The molecule has 2 aromatic heterocycles. The Labute approximate surface area is 105 Å². The lowest BCUT2D eigenvalue weighted by Gasteiger charge is -2.22. The smallest absolute Gasteiger partial charge is 0.230 e. The average Bonchev–Trinajstić information content (AvgIpc) is 2.90. The Morgan fingerprint density at radius 3 is 2.78 bits per heavy atom. The minimum atomic E-state index is 0.325. The van der Waals surface area contributed by atoms with Crippen molar-refractivity contribution >= 4 is 0 Å². The predicted octanol–water partition coefficient (Wildman–Crippen LogP) is 1.51. The van der Waals surface area contributed by atoms with Crippen LogP contribution in [-0.4, -0.2) is 26.2 Å². The molecular weight excluding hydrogens is 230 g/mol. The molecule has 6 nitrogen and oxygen atoms in total. The van der Waals surface area contributed by atoms with Gasteiger partial charge in [-0.2, -0.15) is 4.98 Å². The second-order valence-corrected chi connectivity index (χ2v) is 4.66. The van der Waals surface area contributed by atoms with Gasteiger partial charge in [-0.15, -0.1) is 0 Å². The third-order valence-corrected chi connectivity index (χ3v) is 3.37. The Morgan fingerprint density at radius 1 is 1.22 bits per heavy atom. The van der Waals surface area contributed by atoms with Crippen molar-refractivity contribution in [2.24, 2.45) is 5.73 Å². The van der Waals surface area contributed by atoms with Gasteiger partial charge >= 0.3 is 0 Å². The van der Waals surface area contributed by atoms with Crippen LogP contribution in [-0.2, 0) is 0 Å². The first-order valence-corrected chi connectivity index (χ1v) is 6.18. The zero-order valence-corrected chi connectivity index (χ0v) is 9.99. The molecule has 1 aliphatic rings. The molecule has 94 valence electrons. The molecule has 2 aromatic rings. The van der Waals surface area contributed by atoms with Crippen LogP contribution < -0.4 is 5.73 Å². The number of nitrogens with zero attached hydrogens (tertiary/aromatic N) is 4. The molecule has 0 atom stereocenters. The van der Waals surface area contributed by atoms with Gasteiger partial charge in [0.05, 0.1) is 0 Å². The van der Waals surface area contributed by atoms with Crippen LogP contribution in [0.15, 0.2) is 23.1 Å². The van der Waals surface area contributed by atoms with Crippen LogP contribution in [0.4, 0.5) is 0 Å². The largest absolute Gasteiger partial charge is 0.339 e. The summed E-state index contributed by atoms with van der Waals surface area (Å²) in [4.78, 5) is 12.4. The highest BCUT2D eigenvalue weighted by Gasteiger charge is 2.25. The molecule has 2 heterocycles. The molecule has 0 radical (unpaired) electrons. The van der Waals surface area contributed by atoms with Gasteiger partial charge in [0.25, 0.3) is 0 Å². The summed E-state index contributed by atoms with van der Waals surface area (Å²) < 4.78 is 5.33. The molecule has 1 saturated carbocycles. The standard InChI is InChI=1S/C12H15N5O/c13-9-3-1-8(2-4-9)12-16-11(17-18-12)10-5-6-14-7-15-10/h5-9H,1-4,13H2. The SMILES string of the molecule is NC1CCC(c2nc(-c3ccncn3)no2)CC1. The van der Waals surface area contributed by atoms with E-state index < -0.39 is 0 Å². The van der Waals surface area contributed by atoms with E-state index in [1.165, 1.54) is 6.33 Å². The van der Waals surface area contributed by atoms with Crippen LogP contribution in [0.5, 0.6) is 0 Å². The number of hydrogen-bond donors (Lipinski definition) is 1. The van der Waals surface area contributed by atoms with E-state index in [2.05, 4.69) is 20.1 Å². The molecule has 0 bridgehead atoms. The summed E-state index contributed by atoms with van der Waals surface area (Å²) in [5, 5.41) is 3.97. The number of hydrogen-bond acceptors (Lipinski definition) is 6. The third kappa shape index (κ3) is 2.24. The molecule has 0 aliphatic heterocycles. The van der Waals surface area contributed by atoms with Gasteiger partial charge in [-0.05, 0) is 31.7 Å². The van der Waals surface area contributed by atoms with Crippen LogP contribution in [0.2, 0.25) is 0 Å². The summed E-state index contributed by atoms with van der Waals surface area (Å²) in [7, 11) is 0. The molecule has 1 fully saturated rings. The van der Waals surface area contributed by atoms with Gasteiger partial charge in [-0.1, -0.05) is 5.16 Å². The van der Waals surface area contributed by atoms with Crippen molar-refractivity contribution in [2.45, 2.75) is 37.6 Å². The lowest BCUT2D eigenvalue weighted by molar-refractivity contribution is 0.301. The summed E-state index contributed by atoms with van der Waals surface area (Å²) in [5.41, 5.74) is 6.58. The van der Waals surface area contributed by atoms with Gasteiger partial charge in [0.15, 0.2) is 0 Å². The average molecular weight is 245 g/mol. The molecule has 0 amide bonds. The minimum Gasteiger partial charge on any atom is -0.339 e. The van der Waals surface area contributed by atoms with E-state index in [1.54, 1.807) is 12.3 Å². The summed E-state index contributed by atoms with van der Waals surface area (Å²) in [6.07, 6.45) is 7.23. The van der Waals surface area contributed by atoms with E-state index in [-0.39, 0.29) is 0 Å². The van der Waals surface area contributed by atoms with Crippen molar-refractivity contribution in [3.8, 4) is 11.5 Å². The molecule has 0 aromatic carbocycles. The quantitative estimate of drug-likeness (QED) is 0.862. The maximum atomic E-state index is 5.89. The highest BCUT2D eigenvalue weighted by Crippen LogP contribution is 2.31. The molecule has 18 heavy (non-hydrogen) atoms. The molecule has 0 spiro atoms. The predicted molar refractivity (Wildman–Crippen MR) is 64.5 cm³/mol. The molecule has 0 unspecified atom stereocenters. The second kappa shape index (κ2) is 4.81. The van der Waals surface area contributed by atoms with Crippen molar-refractivity contribution in [3.63, 3.8) is 0 Å². The van der Waals surface area contributed by atoms with E-state index in [0.717, 1.165) is 25.7 Å². The lowest BCUT2D eigenvalue weighted by Crippen LogP contribution is -2.25. The Kier molecular flexibility index (Phi) is 3.02. The third-order valence-electron chi connectivity index (χ3n) is 3.37. The monoisotopic (exact) mass is 245 g/mol. The summed E-state index contributed by atoms with van der Waals surface area (Å²) in [6, 6.07) is 2.09. The molecular formula is C12H15N5O. The van der Waals surface area contributed by atoms with Crippen molar-refractivity contribution in [1.29, 1.82) is 0 Å². The van der Waals surface area contributed by atoms with E-state index in [4.69, 9.17) is 10.3 Å². The van der Waals surface area contributed by atoms with Crippen LogP contribution in [0.1, 0.15) is 37.5 Å². The van der Waals surface area contributed by atoms with Crippen LogP contribution >= 0.6 is 0 Å². The highest BCUT2D eigenvalue weighted by molar-refractivity contribution is 5.46. The first kappa shape index (κ1) is 11.3. The van der Waals surface area contributed by atoms with E-state index >= 15 is 0 Å². The van der Waals surface area contributed by atoms with Crippen LogP contribution in [0.25, 0.3) is 11.5 Å². The summed E-state index contributed by atoms with van der Waals surface area (Å²) in [6.45, 7) is 0. The van der Waals surface area contributed by atoms with Crippen molar-refractivity contribution in [1.82, 2.24) is 20.1 Å². The Hall–Kier alpha value is -1.82. The van der Waals surface area contributed by atoms with E-state index in [0.29, 0.717) is 29.4 Å². The maximum absolute atomic E-state index is 5.89. The van der Waals surface area contributed by atoms with Crippen molar-refractivity contribution < 1.29 is 4.52 Å². The fraction of sp³-hybridized carbons (Fsp3) is 0.500. The minimum absolute atomic E-state index is 0.325. The van der Waals surface area contributed by atoms with Crippen molar-refractivity contribution in [2.75, 3.05) is 0 Å². The van der Waals surface area contributed by atoms with Gasteiger partial charge in [0.2, 0.25) is 11.7 Å². The highest BCUT2D eigenvalue weighted by atomic mass is 16.5. The fourth-order valence-corrected chi connectivity index (χ4v) is 2.29. The summed E-state index contributed by atoms with van der Waals surface area (Å²) in [5.74, 6) is 1.57. The van der Waals surface area contributed by atoms with E-state index in [1.807, 2.05) is 0 Å². The molecule has 3 rings (SSSR count). The van der Waals surface area contributed by atoms with Gasteiger partial charge in [-0.3, -0.25) is 0 Å². The normalized spacial score (nSPS) is 24.1. The molecule has 1 aliphatic carbocycles. The Morgan fingerprint density at radius 2 is 2.06 bits per heavy atom. The second-order valence-electron chi connectivity index (χ2n) is 4.66. The number of nitrogens with two attached hydrogens (primary N) is 1.